The normalized spacial score (nSPS) is 21.6. The second kappa shape index (κ2) is 5.31. The number of pyridine rings is 1. The van der Waals surface area contributed by atoms with Gasteiger partial charge in [0.25, 0.3) is 5.91 Å². The third-order valence-corrected chi connectivity index (χ3v) is 5.83. The van der Waals surface area contributed by atoms with Gasteiger partial charge in [-0.05, 0) is 30.7 Å². The number of amides is 2. The summed E-state index contributed by atoms with van der Waals surface area (Å²) in [4.78, 5) is 32.2. The number of likely N-dealkylation sites (N-methyl/N-ethyl adjacent to an activating group) is 1. The largest absolute Gasteiger partial charge is 0.295 e. The highest BCUT2D eigenvalue weighted by Crippen LogP contribution is 2.56. The summed E-state index contributed by atoms with van der Waals surface area (Å²) in [7, 11) is 1.49. The zero-order valence-corrected chi connectivity index (χ0v) is 13.7. The van der Waals surface area contributed by atoms with E-state index in [1.165, 1.54) is 42.0 Å². The minimum Gasteiger partial charge on any atom is -0.295 e. The predicted octanol–water partition coefficient (Wildman–Crippen LogP) is 2.81. The lowest BCUT2D eigenvalue weighted by atomic mass is 10.1. The molecule has 0 radical (unpaired) electrons. The van der Waals surface area contributed by atoms with Gasteiger partial charge in [-0.25, -0.2) is 9.37 Å². The van der Waals surface area contributed by atoms with E-state index in [0.717, 1.165) is 10.6 Å². The van der Waals surface area contributed by atoms with Crippen molar-refractivity contribution in [1.29, 1.82) is 0 Å². The Morgan fingerprint density at radius 3 is 2.92 bits per heavy atom. The maximum atomic E-state index is 14.0. The number of hydrogen-bond acceptors (Lipinski definition) is 4. The Kier molecular flexibility index (Phi) is 3.35. The SMILES string of the molecule is CN(C(=O)C12CCC(=O)N1c1ccccc1S2)c1ncccc1F. The Morgan fingerprint density at radius 1 is 1.33 bits per heavy atom. The molecular formula is C17H14FN3O2S. The van der Waals surface area contributed by atoms with Crippen LogP contribution >= 0.6 is 11.8 Å². The molecule has 0 N–H and O–H groups in total. The fraction of sp³-hybridized carbons (Fsp3) is 0.235. The molecule has 1 atom stereocenters. The van der Waals surface area contributed by atoms with Crippen LogP contribution in [0.25, 0.3) is 0 Å². The molecule has 4 rings (SSSR count). The first-order valence-corrected chi connectivity index (χ1v) is 8.36. The Morgan fingerprint density at radius 2 is 2.12 bits per heavy atom. The van der Waals surface area contributed by atoms with Crippen LogP contribution in [0.15, 0.2) is 47.5 Å². The summed E-state index contributed by atoms with van der Waals surface area (Å²) in [5, 5.41) is 0. The van der Waals surface area contributed by atoms with Gasteiger partial charge < -0.3 is 0 Å². The van der Waals surface area contributed by atoms with Crippen molar-refractivity contribution in [3.63, 3.8) is 0 Å². The fourth-order valence-electron chi connectivity index (χ4n) is 3.27. The van der Waals surface area contributed by atoms with Gasteiger partial charge in [0.2, 0.25) is 5.91 Å². The predicted molar refractivity (Wildman–Crippen MR) is 89.4 cm³/mol. The fourth-order valence-corrected chi connectivity index (χ4v) is 4.76. The topological polar surface area (TPSA) is 53.5 Å². The van der Waals surface area contributed by atoms with E-state index in [0.29, 0.717) is 12.8 Å². The standard InChI is InChI=1S/C17H14FN3O2S/c1-20(15-11(18)5-4-10-19-15)16(23)17-9-8-14(22)21(17)12-6-2-3-7-13(12)24-17/h2-7,10H,8-9H2,1H3. The van der Waals surface area contributed by atoms with Crippen molar-refractivity contribution in [3.8, 4) is 0 Å². The monoisotopic (exact) mass is 343 g/mol. The van der Waals surface area contributed by atoms with E-state index in [4.69, 9.17) is 0 Å². The Balaban J connectivity index is 1.77. The number of halogens is 1. The molecule has 122 valence electrons. The Bertz CT molecular complexity index is 859. The molecule has 7 heteroatoms. The minimum atomic E-state index is -1.06. The summed E-state index contributed by atoms with van der Waals surface area (Å²) in [6.07, 6.45) is 2.13. The van der Waals surface area contributed by atoms with Gasteiger partial charge in [-0.1, -0.05) is 23.9 Å². The average molecular weight is 343 g/mol. The number of benzene rings is 1. The highest BCUT2D eigenvalue weighted by Gasteiger charge is 2.58. The Labute approximate surface area is 142 Å². The number of carbonyl (C=O) groups is 2. The molecular weight excluding hydrogens is 329 g/mol. The number of aromatic nitrogens is 1. The van der Waals surface area contributed by atoms with Crippen LogP contribution in [0, 0.1) is 5.82 Å². The zero-order chi connectivity index (χ0) is 16.9. The highest BCUT2D eigenvalue weighted by atomic mass is 32.2. The second-order valence-electron chi connectivity index (χ2n) is 5.76. The van der Waals surface area contributed by atoms with Crippen molar-refractivity contribution in [2.75, 3.05) is 16.8 Å². The van der Waals surface area contributed by atoms with Crippen LogP contribution in [-0.4, -0.2) is 28.7 Å². The van der Waals surface area contributed by atoms with Crippen LogP contribution in [0.5, 0.6) is 0 Å². The molecule has 1 aromatic heterocycles. The van der Waals surface area contributed by atoms with Crippen molar-refractivity contribution in [2.45, 2.75) is 22.6 Å². The van der Waals surface area contributed by atoms with Crippen LogP contribution < -0.4 is 9.80 Å². The number of thioether (sulfide) groups is 1. The number of anilines is 2. The number of rotatable bonds is 2. The summed E-state index contributed by atoms with van der Waals surface area (Å²) < 4.78 is 14.0. The third kappa shape index (κ3) is 1.97. The molecule has 0 spiro atoms. The lowest BCUT2D eigenvalue weighted by molar-refractivity contribution is -0.122. The smallest absolute Gasteiger partial charge is 0.265 e. The third-order valence-electron chi connectivity index (χ3n) is 4.37. The first-order valence-electron chi connectivity index (χ1n) is 7.54. The first kappa shape index (κ1) is 15.1. The van der Waals surface area contributed by atoms with Gasteiger partial charge in [-0.15, -0.1) is 0 Å². The number of carbonyl (C=O) groups excluding carboxylic acids is 2. The number of para-hydroxylation sites is 1. The van der Waals surface area contributed by atoms with E-state index in [-0.39, 0.29) is 17.6 Å². The molecule has 1 unspecified atom stereocenters. The van der Waals surface area contributed by atoms with Gasteiger partial charge in [0.05, 0.1) is 5.69 Å². The minimum absolute atomic E-state index is 0.0345. The van der Waals surface area contributed by atoms with Crippen molar-refractivity contribution in [1.82, 2.24) is 4.98 Å². The number of nitrogens with zero attached hydrogens (tertiary/aromatic N) is 3. The molecule has 0 aliphatic carbocycles. The molecule has 1 fully saturated rings. The van der Waals surface area contributed by atoms with Crippen molar-refractivity contribution in [2.24, 2.45) is 0 Å². The Hall–Kier alpha value is -2.41. The summed E-state index contributed by atoms with van der Waals surface area (Å²) in [5.74, 6) is -1.03. The molecule has 1 saturated heterocycles. The van der Waals surface area contributed by atoms with E-state index < -0.39 is 10.7 Å². The maximum Gasteiger partial charge on any atom is 0.265 e. The van der Waals surface area contributed by atoms with E-state index in [1.807, 2.05) is 24.3 Å². The van der Waals surface area contributed by atoms with Crippen LogP contribution in [0.2, 0.25) is 0 Å². The van der Waals surface area contributed by atoms with E-state index in [1.54, 1.807) is 4.90 Å². The quantitative estimate of drug-likeness (QED) is 0.841. The van der Waals surface area contributed by atoms with E-state index in [2.05, 4.69) is 4.98 Å². The summed E-state index contributed by atoms with van der Waals surface area (Å²) in [6, 6.07) is 10.2. The lowest BCUT2D eigenvalue weighted by Crippen LogP contribution is -2.53. The number of fused-ring (bicyclic) bond motifs is 3. The summed E-state index contributed by atoms with van der Waals surface area (Å²) >= 11 is 1.36. The maximum absolute atomic E-state index is 14.0. The molecule has 2 aliphatic heterocycles. The highest BCUT2D eigenvalue weighted by molar-refractivity contribution is 8.02. The van der Waals surface area contributed by atoms with Crippen LogP contribution in [0.4, 0.5) is 15.9 Å². The molecule has 0 saturated carbocycles. The van der Waals surface area contributed by atoms with Gasteiger partial charge >= 0.3 is 0 Å². The second-order valence-corrected chi connectivity index (χ2v) is 7.08. The van der Waals surface area contributed by atoms with Crippen LogP contribution in [-0.2, 0) is 9.59 Å². The molecule has 2 amide bonds. The zero-order valence-electron chi connectivity index (χ0n) is 12.9. The molecule has 5 nitrogen and oxygen atoms in total. The average Bonchev–Trinajstić information content (AvgIpc) is 3.10. The van der Waals surface area contributed by atoms with Gasteiger partial charge in [0, 0.05) is 24.6 Å². The molecule has 2 aromatic rings. The molecule has 1 aromatic carbocycles. The number of hydrogen-bond donors (Lipinski definition) is 0. The van der Waals surface area contributed by atoms with Gasteiger partial charge in [0.15, 0.2) is 16.5 Å². The summed E-state index contributed by atoms with van der Waals surface area (Å²) in [5.41, 5.74) is 0.744. The van der Waals surface area contributed by atoms with Gasteiger partial charge in [0.1, 0.15) is 0 Å². The molecule has 0 bridgehead atoms. The van der Waals surface area contributed by atoms with Crippen LogP contribution in [0.1, 0.15) is 12.8 Å². The van der Waals surface area contributed by atoms with E-state index >= 15 is 0 Å². The first-order chi connectivity index (χ1) is 11.5. The van der Waals surface area contributed by atoms with Crippen molar-refractivity contribution in [3.05, 3.63) is 48.4 Å². The lowest BCUT2D eigenvalue weighted by Gasteiger charge is -2.33. The summed E-state index contributed by atoms with van der Waals surface area (Å²) in [6.45, 7) is 0. The van der Waals surface area contributed by atoms with E-state index in [9.17, 15) is 14.0 Å². The molecule has 3 heterocycles. The molecule has 2 aliphatic rings. The molecule has 24 heavy (non-hydrogen) atoms. The van der Waals surface area contributed by atoms with Gasteiger partial charge in [-0.2, -0.15) is 0 Å². The van der Waals surface area contributed by atoms with Crippen molar-refractivity contribution >= 4 is 35.1 Å². The van der Waals surface area contributed by atoms with Crippen LogP contribution in [0.3, 0.4) is 0 Å². The van der Waals surface area contributed by atoms with Crippen molar-refractivity contribution < 1.29 is 14.0 Å². The van der Waals surface area contributed by atoms with Gasteiger partial charge in [-0.3, -0.25) is 19.4 Å².